The van der Waals surface area contributed by atoms with Crippen LogP contribution in [-0.4, -0.2) is 25.4 Å². The molecule has 0 unspecified atom stereocenters. The van der Waals surface area contributed by atoms with Crippen LogP contribution >= 0.6 is 11.3 Å². The van der Waals surface area contributed by atoms with Crippen LogP contribution in [0.5, 0.6) is 0 Å². The van der Waals surface area contributed by atoms with E-state index in [4.69, 9.17) is 0 Å². The third-order valence-corrected chi connectivity index (χ3v) is 3.20. The van der Waals surface area contributed by atoms with Crippen LogP contribution in [0.3, 0.4) is 0 Å². The molecular weight excluding hydrogens is 220 g/mol. The Hall–Kier alpha value is -1.68. The van der Waals surface area contributed by atoms with E-state index in [2.05, 4.69) is 4.98 Å². The van der Waals surface area contributed by atoms with Crippen LogP contribution in [0.25, 0.3) is 10.6 Å². The number of carbonyl (C=O) groups excluding carboxylic acids is 1. The largest absolute Gasteiger partial charge is 0.361 e. The predicted octanol–water partition coefficient (Wildman–Crippen LogP) is 2.69. The summed E-state index contributed by atoms with van der Waals surface area (Å²) in [5, 5.41) is 0.881. The maximum absolute atomic E-state index is 10.9. The Bertz CT molecular complexity index is 491. The Labute approximate surface area is 98.4 Å². The molecule has 0 amide bonds. The summed E-state index contributed by atoms with van der Waals surface area (Å²) < 4.78 is 0. The molecule has 82 valence electrons. The fourth-order valence-corrected chi connectivity index (χ4v) is 2.39. The second-order valence-corrected chi connectivity index (χ2v) is 4.62. The summed E-state index contributed by atoms with van der Waals surface area (Å²) in [5.41, 5.74) is 1.05. The lowest BCUT2D eigenvalue weighted by Gasteiger charge is -2.07. The molecule has 0 radical (unpaired) electrons. The molecule has 4 heteroatoms. The average molecular weight is 232 g/mol. The highest BCUT2D eigenvalue weighted by atomic mass is 32.1. The fourth-order valence-electron chi connectivity index (χ4n) is 1.43. The molecule has 0 saturated heterocycles. The zero-order valence-electron chi connectivity index (χ0n) is 9.18. The Morgan fingerprint density at radius 2 is 1.94 bits per heavy atom. The molecule has 2 aromatic rings. The lowest BCUT2D eigenvalue weighted by atomic mass is 10.2. The Kier molecular flexibility index (Phi) is 3.01. The van der Waals surface area contributed by atoms with Crippen molar-refractivity contribution >= 4 is 23.4 Å². The van der Waals surface area contributed by atoms with Crippen molar-refractivity contribution in [2.75, 3.05) is 19.0 Å². The van der Waals surface area contributed by atoms with E-state index >= 15 is 0 Å². The molecule has 3 nitrogen and oxygen atoms in total. The van der Waals surface area contributed by atoms with E-state index in [1.54, 1.807) is 0 Å². The lowest BCUT2D eigenvalue weighted by Crippen LogP contribution is -2.10. The smallest absolute Gasteiger partial charge is 0.163 e. The Morgan fingerprint density at radius 3 is 2.44 bits per heavy atom. The van der Waals surface area contributed by atoms with Gasteiger partial charge in [0.2, 0.25) is 0 Å². The fraction of sp³-hybridized carbons (Fsp3) is 0.167. The minimum absolute atomic E-state index is 0.670. The maximum Gasteiger partial charge on any atom is 0.163 e. The summed E-state index contributed by atoms with van der Waals surface area (Å²) in [6.45, 7) is 0. The van der Waals surface area contributed by atoms with Gasteiger partial charge in [-0.2, -0.15) is 0 Å². The van der Waals surface area contributed by atoms with Crippen molar-refractivity contribution in [1.29, 1.82) is 0 Å². The highest BCUT2D eigenvalue weighted by Gasteiger charge is 2.12. The lowest BCUT2D eigenvalue weighted by molar-refractivity contribution is 0.112. The number of carbonyl (C=O) groups is 1. The average Bonchev–Trinajstić information content (AvgIpc) is 2.74. The van der Waals surface area contributed by atoms with Gasteiger partial charge in [-0.3, -0.25) is 4.79 Å². The molecule has 1 aromatic heterocycles. The minimum Gasteiger partial charge on any atom is -0.361 e. The molecule has 0 N–H and O–H groups in total. The number of aldehydes is 1. The molecule has 0 saturated carbocycles. The number of anilines is 1. The van der Waals surface area contributed by atoms with E-state index in [-0.39, 0.29) is 0 Å². The van der Waals surface area contributed by atoms with E-state index in [0.29, 0.717) is 4.88 Å². The zero-order valence-corrected chi connectivity index (χ0v) is 9.99. The first-order valence-corrected chi connectivity index (χ1v) is 5.73. The van der Waals surface area contributed by atoms with Crippen LogP contribution in [-0.2, 0) is 0 Å². The van der Waals surface area contributed by atoms with Gasteiger partial charge < -0.3 is 4.90 Å². The van der Waals surface area contributed by atoms with Crippen LogP contribution in [0.4, 0.5) is 5.82 Å². The highest BCUT2D eigenvalue weighted by molar-refractivity contribution is 7.17. The molecule has 0 spiro atoms. The zero-order chi connectivity index (χ0) is 11.5. The maximum atomic E-state index is 10.9. The van der Waals surface area contributed by atoms with E-state index in [1.165, 1.54) is 11.3 Å². The topological polar surface area (TPSA) is 33.2 Å². The number of benzene rings is 1. The van der Waals surface area contributed by atoms with Crippen LogP contribution in [0.15, 0.2) is 30.3 Å². The molecule has 0 fully saturated rings. The molecule has 2 rings (SSSR count). The van der Waals surface area contributed by atoms with Gasteiger partial charge in [0.25, 0.3) is 0 Å². The van der Waals surface area contributed by atoms with Crippen molar-refractivity contribution in [3.8, 4) is 10.6 Å². The first-order valence-electron chi connectivity index (χ1n) is 4.91. The third kappa shape index (κ3) is 1.97. The summed E-state index contributed by atoms with van der Waals surface area (Å²) in [4.78, 5) is 17.9. The minimum atomic E-state index is 0.670. The first-order chi connectivity index (χ1) is 7.72. The van der Waals surface area contributed by atoms with E-state index in [9.17, 15) is 4.79 Å². The second kappa shape index (κ2) is 4.45. The molecule has 0 bridgehead atoms. The van der Waals surface area contributed by atoms with Crippen molar-refractivity contribution < 1.29 is 4.79 Å². The molecule has 0 atom stereocenters. The van der Waals surface area contributed by atoms with Gasteiger partial charge in [0.1, 0.15) is 9.88 Å². The summed E-state index contributed by atoms with van der Waals surface area (Å²) >= 11 is 1.42. The van der Waals surface area contributed by atoms with Crippen molar-refractivity contribution in [3.05, 3.63) is 35.2 Å². The van der Waals surface area contributed by atoms with E-state index < -0.39 is 0 Å². The van der Waals surface area contributed by atoms with Gasteiger partial charge in [-0.25, -0.2) is 4.98 Å². The molecule has 1 heterocycles. The van der Waals surface area contributed by atoms with Gasteiger partial charge in [0, 0.05) is 19.7 Å². The number of nitrogens with zero attached hydrogens (tertiary/aromatic N) is 2. The third-order valence-electron chi connectivity index (χ3n) is 2.19. The van der Waals surface area contributed by atoms with Crippen LogP contribution < -0.4 is 4.90 Å². The van der Waals surface area contributed by atoms with Crippen LogP contribution in [0.1, 0.15) is 9.67 Å². The first kappa shape index (κ1) is 10.8. The SMILES string of the molecule is CN(C)c1nc(-c2ccccc2)sc1C=O. The van der Waals surface area contributed by atoms with Crippen LogP contribution in [0, 0.1) is 0 Å². The van der Waals surface area contributed by atoms with Gasteiger partial charge in [0.05, 0.1) is 0 Å². The molecule has 0 aliphatic rings. The van der Waals surface area contributed by atoms with Crippen molar-refractivity contribution in [2.45, 2.75) is 0 Å². The monoisotopic (exact) mass is 232 g/mol. The second-order valence-electron chi connectivity index (χ2n) is 3.59. The predicted molar refractivity (Wildman–Crippen MR) is 67.3 cm³/mol. The van der Waals surface area contributed by atoms with Gasteiger partial charge in [-0.1, -0.05) is 30.3 Å². The van der Waals surface area contributed by atoms with Crippen molar-refractivity contribution in [3.63, 3.8) is 0 Å². The van der Waals surface area contributed by atoms with Gasteiger partial charge in [-0.05, 0) is 0 Å². The summed E-state index contributed by atoms with van der Waals surface area (Å²) in [6, 6.07) is 9.88. The number of thiazole rings is 1. The number of rotatable bonds is 3. The van der Waals surface area contributed by atoms with Gasteiger partial charge in [0.15, 0.2) is 12.1 Å². The highest BCUT2D eigenvalue weighted by Crippen LogP contribution is 2.30. The summed E-state index contributed by atoms with van der Waals surface area (Å²) in [5.74, 6) is 0.735. The number of hydrogen-bond acceptors (Lipinski definition) is 4. The van der Waals surface area contributed by atoms with Crippen molar-refractivity contribution in [1.82, 2.24) is 4.98 Å². The molecule has 16 heavy (non-hydrogen) atoms. The standard InChI is InChI=1S/C12H12N2OS/c1-14(2)11-10(8-15)16-12(13-11)9-6-4-3-5-7-9/h3-8H,1-2H3. The normalized spacial score (nSPS) is 10.1. The van der Waals surface area contributed by atoms with Crippen LogP contribution in [0.2, 0.25) is 0 Å². The number of aromatic nitrogens is 1. The van der Waals surface area contributed by atoms with E-state index in [0.717, 1.165) is 22.7 Å². The summed E-state index contributed by atoms with van der Waals surface area (Å²) in [6.07, 6.45) is 0.861. The quantitative estimate of drug-likeness (QED) is 0.763. The Balaban J connectivity index is 2.48. The van der Waals surface area contributed by atoms with Gasteiger partial charge in [-0.15, -0.1) is 11.3 Å². The van der Waals surface area contributed by atoms with E-state index in [1.807, 2.05) is 49.3 Å². The number of hydrogen-bond donors (Lipinski definition) is 0. The summed E-state index contributed by atoms with van der Waals surface area (Å²) in [7, 11) is 3.77. The van der Waals surface area contributed by atoms with Crippen molar-refractivity contribution in [2.24, 2.45) is 0 Å². The Morgan fingerprint density at radius 1 is 1.25 bits per heavy atom. The molecule has 0 aliphatic heterocycles. The molecule has 1 aromatic carbocycles. The van der Waals surface area contributed by atoms with Gasteiger partial charge >= 0.3 is 0 Å². The molecule has 0 aliphatic carbocycles. The molecular formula is C12H12N2OS.